The fraction of sp³-hybridized carbons (Fsp3) is 0.348. The summed E-state index contributed by atoms with van der Waals surface area (Å²) >= 11 is 1.32. The highest BCUT2D eigenvalue weighted by Crippen LogP contribution is 2.33. The number of aromatic nitrogens is 3. The monoisotopic (exact) mass is 466 g/mol. The summed E-state index contributed by atoms with van der Waals surface area (Å²) in [6.07, 6.45) is 0. The zero-order valence-corrected chi connectivity index (χ0v) is 19.3. The third kappa shape index (κ3) is 4.76. The van der Waals surface area contributed by atoms with Crippen LogP contribution in [0.25, 0.3) is 11.4 Å². The van der Waals surface area contributed by atoms with Crippen LogP contribution in [0.4, 0.5) is 0 Å². The fourth-order valence-electron chi connectivity index (χ4n) is 3.95. The smallest absolute Gasteiger partial charge is 0.233 e. The molecule has 10 heteroatoms. The van der Waals surface area contributed by atoms with Crippen LogP contribution in [0.1, 0.15) is 11.1 Å². The second-order valence-electron chi connectivity index (χ2n) is 8.18. The molecule has 1 fully saturated rings. The molecule has 2 aliphatic rings. The Kier molecular flexibility index (Phi) is 6.10. The maximum absolute atomic E-state index is 12.7. The second-order valence-corrected chi connectivity index (χ2v) is 9.12. The molecule has 172 valence electrons. The van der Waals surface area contributed by atoms with Gasteiger partial charge < -0.3 is 20.2 Å². The van der Waals surface area contributed by atoms with Crippen LogP contribution < -0.4 is 15.3 Å². The molecule has 0 unspecified atom stereocenters. The molecule has 2 aromatic carbocycles. The molecule has 0 radical (unpaired) electrons. The van der Waals surface area contributed by atoms with Crippen LogP contribution in [0, 0.1) is 6.92 Å². The van der Waals surface area contributed by atoms with Gasteiger partial charge in [-0.15, -0.1) is 10.2 Å². The highest BCUT2D eigenvalue weighted by Gasteiger charge is 2.23. The van der Waals surface area contributed by atoms with Crippen LogP contribution in [0.15, 0.2) is 47.6 Å². The zero-order chi connectivity index (χ0) is 22.8. The first-order valence-corrected chi connectivity index (χ1v) is 11.8. The Hall–Kier alpha value is -3.24. The lowest BCUT2D eigenvalue weighted by molar-refractivity contribution is -0.130. The largest absolute Gasteiger partial charge is 0.454 e. The van der Waals surface area contributed by atoms with Gasteiger partial charge in [0.1, 0.15) is 0 Å². The third-order valence-electron chi connectivity index (χ3n) is 5.87. The third-order valence-corrected chi connectivity index (χ3v) is 6.80. The number of nitrogens with two attached hydrogens (primary N) is 1. The van der Waals surface area contributed by atoms with Gasteiger partial charge in [0.2, 0.25) is 17.9 Å². The number of carbonyl (C=O) groups is 1. The first-order chi connectivity index (χ1) is 16.1. The number of aryl methyl sites for hydroxylation is 1. The predicted octanol–water partition coefficient (Wildman–Crippen LogP) is 2.13. The van der Waals surface area contributed by atoms with Crippen molar-refractivity contribution in [1.29, 1.82) is 0 Å². The van der Waals surface area contributed by atoms with Crippen molar-refractivity contribution in [1.82, 2.24) is 24.7 Å². The van der Waals surface area contributed by atoms with E-state index in [1.807, 2.05) is 48.2 Å². The minimum atomic E-state index is 0.0858. The van der Waals surface area contributed by atoms with Gasteiger partial charge in [-0.2, -0.15) is 0 Å². The number of hydrogen-bond acceptors (Lipinski definition) is 8. The van der Waals surface area contributed by atoms with E-state index in [-0.39, 0.29) is 18.5 Å². The van der Waals surface area contributed by atoms with E-state index < -0.39 is 0 Å². The molecule has 0 aliphatic carbocycles. The van der Waals surface area contributed by atoms with Crippen molar-refractivity contribution >= 4 is 17.7 Å². The summed E-state index contributed by atoms with van der Waals surface area (Å²) in [5.74, 6) is 8.74. The van der Waals surface area contributed by atoms with Gasteiger partial charge >= 0.3 is 0 Å². The standard InChI is InChI=1S/C23H26N6O3S/c1-16-2-5-18(6-3-16)22-25-26-23(29(22)24)33-14-21(30)28-10-8-27(9-11-28)13-17-4-7-19-20(12-17)32-15-31-19/h2-7,12H,8-11,13-15,24H2,1H3. The molecule has 0 saturated carbocycles. The van der Waals surface area contributed by atoms with E-state index in [4.69, 9.17) is 15.3 Å². The highest BCUT2D eigenvalue weighted by molar-refractivity contribution is 7.99. The number of ether oxygens (including phenoxy) is 2. The Labute approximate surface area is 196 Å². The number of piperazine rings is 1. The molecular formula is C23H26N6O3S. The van der Waals surface area contributed by atoms with Crippen molar-refractivity contribution in [2.45, 2.75) is 18.6 Å². The lowest BCUT2D eigenvalue weighted by atomic mass is 10.1. The molecule has 9 nitrogen and oxygen atoms in total. The highest BCUT2D eigenvalue weighted by atomic mass is 32.2. The number of rotatable bonds is 6. The van der Waals surface area contributed by atoms with Gasteiger partial charge in [0.05, 0.1) is 5.75 Å². The summed E-state index contributed by atoms with van der Waals surface area (Å²) in [6, 6.07) is 14.0. The quantitative estimate of drug-likeness (QED) is 0.436. The van der Waals surface area contributed by atoms with E-state index in [9.17, 15) is 4.79 Å². The molecule has 2 N–H and O–H groups in total. The Bertz CT molecular complexity index is 1140. The summed E-state index contributed by atoms with van der Waals surface area (Å²) in [5, 5.41) is 8.89. The number of fused-ring (bicyclic) bond motifs is 1. The van der Waals surface area contributed by atoms with Gasteiger partial charge in [0, 0.05) is 38.3 Å². The zero-order valence-electron chi connectivity index (χ0n) is 18.4. The topological polar surface area (TPSA) is 98.7 Å². The summed E-state index contributed by atoms with van der Waals surface area (Å²) in [4.78, 5) is 17.0. The second kappa shape index (κ2) is 9.32. The molecule has 0 bridgehead atoms. The first kappa shape index (κ1) is 21.6. The van der Waals surface area contributed by atoms with Crippen molar-refractivity contribution in [3.8, 4) is 22.9 Å². The maximum Gasteiger partial charge on any atom is 0.233 e. The van der Waals surface area contributed by atoms with Crippen molar-refractivity contribution in [3.05, 3.63) is 53.6 Å². The molecule has 1 amide bonds. The van der Waals surface area contributed by atoms with Gasteiger partial charge in [0.25, 0.3) is 0 Å². The molecule has 0 atom stereocenters. The summed E-state index contributed by atoms with van der Waals surface area (Å²) in [5.41, 5.74) is 3.24. The van der Waals surface area contributed by atoms with Gasteiger partial charge in [-0.1, -0.05) is 47.7 Å². The minimum Gasteiger partial charge on any atom is -0.454 e. The SMILES string of the molecule is Cc1ccc(-c2nnc(SCC(=O)N3CCN(Cc4ccc5c(c4)OCO5)CC3)n2N)cc1. The van der Waals surface area contributed by atoms with Crippen molar-refractivity contribution in [2.24, 2.45) is 0 Å². The Morgan fingerprint density at radius 3 is 2.58 bits per heavy atom. The molecule has 3 heterocycles. The molecule has 33 heavy (non-hydrogen) atoms. The van der Waals surface area contributed by atoms with Crippen LogP contribution in [-0.4, -0.2) is 69.3 Å². The van der Waals surface area contributed by atoms with Crippen molar-refractivity contribution < 1.29 is 14.3 Å². The summed E-state index contributed by atoms with van der Waals surface area (Å²) < 4.78 is 12.3. The molecule has 3 aromatic rings. The minimum absolute atomic E-state index is 0.0858. The maximum atomic E-state index is 12.7. The number of carbonyl (C=O) groups excluding carboxylic acids is 1. The van der Waals surface area contributed by atoms with Crippen LogP contribution in [0.3, 0.4) is 0 Å². The molecule has 1 aromatic heterocycles. The molecule has 2 aliphatic heterocycles. The fourth-order valence-corrected chi connectivity index (χ4v) is 4.70. The average molecular weight is 467 g/mol. The van der Waals surface area contributed by atoms with Crippen molar-refractivity contribution in [2.75, 3.05) is 44.6 Å². The van der Waals surface area contributed by atoms with Gasteiger partial charge in [-0.3, -0.25) is 9.69 Å². The van der Waals surface area contributed by atoms with Gasteiger partial charge in [-0.25, -0.2) is 4.68 Å². The predicted molar refractivity (Wildman–Crippen MR) is 125 cm³/mol. The molecule has 5 rings (SSSR count). The average Bonchev–Trinajstić information content (AvgIpc) is 3.44. The van der Waals surface area contributed by atoms with Crippen LogP contribution in [0.2, 0.25) is 0 Å². The summed E-state index contributed by atoms with van der Waals surface area (Å²) in [7, 11) is 0. The number of benzene rings is 2. The molecule has 1 saturated heterocycles. The lowest BCUT2D eigenvalue weighted by Gasteiger charge is -2.34. The van der Waals surface area contributed by atoms with E-state index in [1.165, 1.54) is 22.0 Å². The normalized spacial score (nSPS) is 15.7. The number of amides is 1. The van der Waals surface area contributed by atoms with E-state index in [0.29, 0.717) is 24.1 Å². The molecule has 0 spiro atoms. The number of nitrogens with zero attached hydrogens (tertiary/aromatic N) is 5. The number of thioether (sulfide) groups is 1. The van der Waals surface area contributed by atoms with Crippen LogP contribution in [0.5, 0.6) is 11.5 Å². The Morgan fingerprint density at radius 1 is 1.03 bits per heavy atom. The lowest BCUT2D eigenvalue weighted by Crippen LogP contribution is -2.48. The van der Waals surface area contributed by atoms with E-state index in [1.54, 1.807) is 0 Å². The van der Waals surface area contributed by atoms with Crippen LogP contribution >= 0.6 is 11.8 Å². The Balaban J connectivity index is 1.11. The van der Waals surface area contributed by atoms with E-state index in [0.717, 1.165) is 42.3 Å². The number of hydrogen-bond donors (Lipinski definition) is 1. The van der Waals surface area contributed by atoms with Crippen molar-refractivity contribution in [3.63, 3.8) is 0 Å². The first-order valence-electron chi connectivity index (χ1n) is 10.9. The van der Waals surface area contributed by atoms with Crippen LogP contribution in [-0.2, 0) is 11.3 Å². The van der Waals surface area contributed by atoms with Gasteiger partial charge in [-0.05, 0) is 24.6 Å². The van der Waals surface area contributed by atoms with Gasteiger partial charge in [0.15, 0.2) is 17.3 Å². The van der Waals surface area contributed by atoms with E-state index >= 15 is 0 Å². The molecular weight excluding hydrogens is 440 g/mol. The summed E-state index contributed by atoms with van der Waals surface area (Å²) in [6.45, 7) is 6.20. The number of nitrogen functional groups attached to an aromatic ring is 1. The Morgan fingerprint density at radius 2 is 1.79 bits per heavy atom. The van der Waals surface area contributed by atoms with E-state index in [2.05, 4.69) is 21.2 Å².